The lowest BCUT2D eigenvalue weighted by Gasteiger charge is -2.41. The van der Waals surface area contributed by atoms with Crippen LogP contribution >= 0.6 is 11.8 Å². The Morgan fingerprint density at radius 3 is 2.61 bits per heavy atom. The van der Waals surface area contributed by atoms with E-state index in [4.69, 9.17) is 0 Å². The van der Waals surface area contributed by atoms with Crippen molar-refractivity contribution in [2.45, 2.75) is 19.0 Å². The minimum Gasteiger partial charge on any atom is -0.335 e. The number of hydrogen-bond acceptors (Lipinski definition) is 5. The van der Waals surface area contributed by atoms with Crippen molar-refractivity contribution in [2.75, 3.05) is 25.1 Å². The number of benzene rings is 3. The second kappa shape index (κ2) is 10.0. The lowest BCUT2D eigenvalue weighted by Crippen LogP contribution is -2.58. The van der Waals surface area contributed by atoms with Crippen molar-refractivity contribution < 1.29 is 14.5 Å². The molecule has 1 fully saturated rings. The van der Waals surface area contributed by atoms with Crippen LogP contribution in [0, 0.1) is 10.1 Å². The van der Waals surface area contributed by atoms with Gasteiger partial charge in [0.25, 0.3) is 11.6 Å². The first kappa shape index (κ1) is 22.8. The fourth-order valence-electron chi connectivity index (χ4n) is 4.28. The Morgan fingerprint density at radius 1 is 1.09 bits per heavy atom. The summed E-state index contributed by atoms with van der Waals surface area (Å²) in [5, 5.41) is 12.4. The molecule has 0 N–H and O–H groups in total. The number of nitro benzene ring substituents is 1. The molecule has 3 aromatic rings. The van der Waals surface area contributed by atoms with E-state index in [1.807, 2.05) is 41.5 Å². The predicted octanol–water partition coefficient (Wildman–Crippen LogP) is 4.35. The summed E-state index contributed by atoms with van der Waals surface area (Å²) in [7, 11) is 0. The molecule has 2 amide bonds. The number of piperazine rings is 1. The van der Waals surface area contributed by atoms with Crippen LogP contribution in [0.5, 0.6) is 0 Å². The zero-order valence-electron chi connectivity index (χ0n) is 18.3. The Morgan fingerprint density at radius 2 is 1.88 bits per heavy atom. The van der Waals surface area contributed by atoms with E-state index in [2.05, 4.69) is 0 Å². The topological polar surface area (TPSA) is 83.8 Å². The van der Waals surface area contributed by atoms with Gasteiger partial charge in [-0.05, 0) is 46.9 Å². The molecule has 8 heteroatoms. The predicted molar refractivity (Wildman–Crippen MR) is 130 cm³/mol. The van der Waals surface area contributed by atoms with E-state index in [9.17, 15) is 19.7 Å². The third kappa shape index (κ3) is 4.85. The first-order chi connectivity index (χ1) is 16.0. The Kier molecular flexibility index (Phi) is 6.93. The Hall–Kier alpha value is -3.39. The second-order valence-corrected chi connectivity index (χ2v) is 8.99. The van der Waals surface area contributed by atoms with Crippen LogP contribution in [-0.2, 0) is 11.3 Å². The first-order valence-electron chi connectivity index (χ1n) is 10.8. The van der Waals surface area contributed by atoms with Crippen LogP contribution in [0.1, 0.15) is 22.3 Å². The maximum Gasteiger partial charge on any atom is 0.270 e. The van der Waals surface area contributed by atoms with Gasteiger partial charge >= 0.3 is 0 Å². The molecule has 33 heavy (non-hydrogen) atoms. The van der Waals surface area contributed by atoms with Crippen LogP contribution in [0.15, 0.2) is 66.7 Å². The summed E-state index contributed by atoms with van der Waals surface area (Å²) in [6, 6.07) is 19.0. The molecule has 1 aliphatic heterocycles. The lowest BCUT2D eigenvalue weighted by molar-refractivity contribution is -0.384. The molecule has 0 spiro atoms. The molecule has 0 bridgehead atoms. The molecule has 1 atom stereocenters. The highest BCUT2D eigenvalue weighted by Crippen LogP contribution is 2.27. The molecule has 0 saturated carbocycles. The van der Waals surface area contributed by atoms with Gasteiger partial charge < -0.3 is 9.80 Å². The van der Waals surface area contributed by atoms with E-state index in [1.54, 1.807) is 40.9 Å². The number of thioether (sulfide) groups is 1. The third-order valence-electron chi connectivity index (χ3n) is 5.96. The average molecular weight is 464 g/mol. The van der Waals surface area contributed by atoms with E-state index in [0.29, 0.717) is 42.4 Å². The summed E-state index contributed by atoms with van der Waals surface area (Å²) in [5.74, 6) is 0.512. The Labute approximate surface area is 196 Å². The van der Waals surface area contributed by atoms with Crippen LogP contribution in [0.4, 0.5) is 5.69 Å². The van der Waals surface area contributed by atoms with E-state index < -0.39 is 11.0 Å². The first-order valence-corrected chi connectivity index (χ1v) is 12.2. The SMILES string of the molecule is CSCCC1C(=O)N(Cc2ccccc2)CCN1C(=O)c1cccc2cc([N+](=O)[O-])ccc12. The molecule has 7 nitrogen and oxygen atoms in total. The van der Waals surface area contributed by atoms with Gasteiger partial charge in [-0.3, -0.25) is 19.7 Å². The molecule has 4 rings (SSSR count). The Bertz CT molecular complexity index is 1180. The van der Waals surface area contributed by atoms with Gasteiger partial charge in [-0.2, -0.15) is 11.8 Å². The van der Waals surface area contributed by atoms with Gasteiger partial charge in [0.1, 0.15) is 6.04 Å². The number of amides is 2. The third-order valence-corrected chi connectivity index (χ3v) is 6.61. The van der Waals surface area contributed by atoms with Crippen molar-refractivity contribution in [3.63, 3.8) is 0 Å². The number of nitrogens with zero attached hydrogens (tertiary/aromatic N) is 3. The van der Waals surface area contributed by atoms with E-state index in [0.717, 1.165) is 11.3 Å². The minimum atomic E-state index is -0.532. The second-order valence-electron chi connectivity index (χ2n) is 8.01. The molecule has 0 aromatic heterocycles. The molecular weight excluding hydrogens is 438 g/mol. The normalized spacial score (nSPS) is 16.3. The van der Waals surface area contributed by atoms with Gasteiger partial charge in [-0.25, -0.2) is 0 Å². The number of non-ortho nitro benzene ring substituents is 1. The van der Waals surface area contributed by atoms with Gasteiger partial charge in [0.15, 0.2) is 0 Å². The van der Waals surface area contributed by atoms with Gasteiger partial charge in [0.05, 0.1) is 4.92 Å². The van der Waals surface area contributed by atoms with Crippen LogP contribution in [-0.4, -0.2) is 57.7 Å². The van der Waals surface area contributed by atoms with Gasteiger partial charge in [-0.1, -0.05) is 42.5 Å². The van der Waals surface area contributed by atoms with Crippen LogP contribution < -0.4 is 0 Å². The van der Waals surface area contributed by atoms with Crippen molar-refractivity contribution in [1.29, 1.82) is 0 Å². The number of nitro groups is 1. The number of carbonyl (C=O) groups excluding carboxylic acids is 2. The summed E-state index contributed by atoms with van der Waals surface area (Å²) >= 11 is 1.65. The van der Waals surface area contributed by atoms with Crippen molar-refractivity contribution >= 4 is 40.0 Å². The van der Waals surface area contributed by atoms with Crippen molar-refractivity contribution in [2.24, 2.45) is 0 Å². The number of carbonyl (C=O) groups is 2. The largest absolute Gasteiger partial charge is 0.335 e. The van der Waals surface area contributed by atoms with Gasteiger partial charge in [0.2, 0.25) is 5.91 Å². The zero-order valence-corrected chi connectivity index (χ0v) is 19.2. The van der Waals surface area contributed by atoms with Crippen LogP contribution in [0.25, 0.3) is 10.8 Å². The molecule has 1 heterocycles. The zero-order chi connectivity index (χ0) is 23.4. The van der Waals surface area contributed by atoms with Gasteiger partial charge in [-0.15, -0.1) is 0 Å². The summed E-state index contributed by atoms with van der Waals surface area (Å²) in [6.45, 7) is 1.43. The standard InChI is InChI=1S/C25H25N3O4S/c1-33-15-12-23-25(30)26(17-18-6-3-2-4-7-18)13-14-27(23)24(29)22-9-5-8-19-16-20(28(31)32)10-11-21(19)22/h2-11,16,23H,12-15,17H2,1H3. The average Bonchev–Trinajstić information content (AvgIpc) is 2.84. The Balaban J connectivity index is 1.62. The fraction of sp³-hybridized carbons (Fsp3) is 0.280. The fourth-order valence-corrected chi connectivity index (χ4v) is 4.74. The highest BCUT2D eigenvalue weighted by atomic mass is 32.2. The minimum absolute atomic E-state index is 0.0188. The lowest BCUT2D eigenvalue weighted by atomic mass is 10.0. The van der Waals surface area contributed by atoms with E-state index in [1.165, 1.54) is 12.1 Å². The quantitative estimate of drug-likeness (QED) is 0.384. The van der Waals surface area contributed by atoms with Crippen LogP contribution in [0.2, 0.25) is 0 Å². The van der Waals surface area contributed by atoms with Crippen molar-refractivity contribution in [3.05, 3.63) is 88.0 Å². The molecule has 3 aromatic carbocycles. The maximum absolute atomic E-state index is 13.6. The summed E-state index contributed by atoms with van der Waals surface area (Å²) in [6.07, 6.45) is 2.56. The van der Waals surface area contributed by atoms with E-state index >= 15 is 0 Å². The molecule has 0 aliphatic carbocycles. The summed E-state index contributed by atoms with van der Waals surface area (Å²) < 4.78 is 0. The number of fused-ring (bicyclic) bond motifs is 1. The molecule has 0 radical (unpaired) electrons. The molecule has 170 valence electrons. The monoisotopic (exact) mass is 463 g/mol. The van der Waals surface area contributed by atoms with Crippen molar-refractivity contribution in [1.82, 2.24) is 9.80 Å². The molecular formula is C25H25N3O4S. The maximum atomic E-state index is 13.6. The molecule has 1 saturated heterocycles. The summed E-state index contributed by atoms with van der Waals surface area (Å²) in [4.78, 5) is 41.2. The van der Waals surface area contributed by atoms with E-state index in [-0.39, 0.29) is 17.5 Å². The number of rotatable bonds is 7. The van der Waals surface area contributed by atoms with Gasteiger partial charge in [0, 0.05) is 37.3 Å². The van der Waals surface area contributed by atoms with Crippen molar-refractivity contribution in [3.8, 4) is 0 Å². The number of hydrogen-bond donors (Lipinski definition) is 0. The molecule has 1 aliphatic rings. The van der Waals surface area contributed by atoms with Crippen LogP contribution in [0.3, 0.4) is 0 Å². The smallest absolute Gasteiger partial charge is 0.270 e. The summed E-state index contributed by atoms with van der Waals surface area (Å²) in [5.41, 5.74) is 1.50. The molecule has 1 unspecified atom stereocenters. The highest BCUT2D eigenvalue weighted by Gasteiger charge is 2.37. The highest BCUT2D eigenvalue weighted by molar-refractivity contribution is 7.98.